The SMILES string of the molecule is CCN1C(=O)C(=C/C=C2/C=CN=C3SC=CN32)SC1=S. The van der Waals surface area contributed by atoms with Gasteiger partial charge in [-0.05, 0) is 30.6 Å². The zero-order chi connectivity index (χ0) is 14.1. The molecule has 0 spiro atoms. The quantitative estimate of drug-likeness (QED) is 0.577. The van der Waals surface area contributed by atoms with E-state index in [2.05, 4.69) is 4.99 Å². The summed E-state index contributed by atoms with van der Waals surface area (Å²) < 4.78 is 0.625. The second kappa shape index (κ2) is 5.59. The molecular formula is C13H11N3OS3. The van der Waals surface area contributed by atoms with Crippen molar-refractivity contribution in [3.05, 3.63) is 46.6 Å². The van der Waals surface area contributed by atoms with Gasteiger partial charge < -0.3 is 0 Å². The van der Waals surface area contributed by atoms with Crippen molar-refractivity contribution in [2.45, 2.75) is 6.92 Å². The van der Waals surface area contributed by atoms with Gasteiger partial charge in [-0.3, -0.25) is 14.6 Å². The van der Waals surface area contributed by atoms with E-state index in [1.54, 1.807) is 22.9 Å². The lowest BCUT2D eigenvalue weighted by molar-refractivity contribution is -0.122. The summed E-state index contributed by atoms with van der Waals surface area (Å²) in [5.41, 5.74) is 0.984. The molecule has 7 heteroatoms. The predicted octanol–water partition coefficient (Wildman–Crippen LogP) is 3.04. The van der Waals surface area contributed by atoms with E-state index in [1.165, 1.54) is 11.8 Å². The molecule has 1 saturated heterocycles. The predicted molar refractivity (Wildman–Crippen MR) is 88.9 cm³/mol. The molecule has 0 aromatic heterocycles. The lowest BCUT2D eigenvalue weighted by Crippen LogP contribution is -2.27. The van der Waals surface area contributed by atoms with E-state index in [-0.39, 0.29) is 5.91 Å². The minimum atomic E-state index is -0.0145. The molecular weight excluding hydrogens is 310 g/mol. The van der Waals surface area contributed by atoms with Gasteiger partial charge in [-0.1, -0.05) is 35.7 Å². The van der Waals surface area contributed by atoms with Crippen molar-refractivity contribution >= 4 is 51.1 Å². The Morgan fingerprint density at radius 2 is 2.30 bits per heavy atom. The molecule has 1 fully saturated rings. The average Bonchev–Trinajstić information content (AvgIpc) is 3.01. The summed E-state index contributed by atoms with van der Waals surface area (Å²) in [4.78, 5) is 20.6. The fourth-order valence-electron chi connectivity index (χ4n) is 1.90. The first-order chi connectivity index (χ1) is 9.70. The summed E-state index contributed by atoms with van der Waals surface area (Å²) >= 11 is 8.11. The van der Waals surface area contributed by atoms with Crippen LogP contribution < -0.4 is 0 Å². The fourth-order valence-corrected chi connectivity index (χ4v) is 3.93. The summed E-state index contributed by atoms with van der Waals surface area (Å²) in [5.74, 6) is -0.0145. The van der Waals surface area contributed by atoms with Gasteiger partial charge in [0.05, 0.1) is 4.91 Å². The number of allylic oxidation sites excluding steroid dienone is 3. The van der Waals surface area contributed by atoms with Crippen LogP contribution in [0.25, 0.3) is 0 Å². The van der Waals surface area contributed by atoms with Crippen molar-refractivity contribution in [1.29, 1.82) is 0 Å². The maximum atomic E-state index is 12.1. The summed E-state index contributed by atoms with van der Waals surface area (Å²) in [6.45, 7) is 2.53. The van der Waals surface area contributed by atoms with Crippen LogP contribution in [-0.4, -0.2) is 31.7 Å². The van der Waals surface area contributed by atoms with Gasteiger partial charge in [0, 0.05) is 24.6 Å². The Bertz CT molecular complexity index is 631. The van der Waals surface area contributed by atoms with Crippen LogP contribution >= 0.6 is 35.7 Å². The van der Waals surface area contributed by atoms with Crippen molar-refractivity contribution in [3.63, 3.8) is 0 Å². The highest BCUT2D eigenvalue weighted by Crippen LogP contribution is 2.32. The number of aliphatic imine (C=N–C) groups is 1. The minimum absolute atomic E-state index is 0.0145. The van der Waals surface area contributed by atoms with Crippen molar-refractivity contribution in [3.8, 4) is 0 Å². The molecule has 3 aliphatic rings. The highest BCUT2D eigenvalue weighted by atomic mass is 32.2. The molecule has 4 nitrogen and oxygen atoms in total. The van der Waals surface area contributed by atoms with Gasteiger partial charge in [-0.2, -0.15) is 0 Å². The monoisotopic (exact) mass is 321 g/mol. The van der Waals surface area contributed by atoms with Crippen molar-refractivity contribution in [1.82, 2.24) is 9.80 Å². The number of hydrogen-bond donors (Lipinski definition) is 0. The number of amidine groups is 1. The number of thioether (sulfide) groups is 2. The number of thiocarbonyl (C=S) groups is 1. The molecule has 20 heavy (non-hydrogen) atoms. The average molecular weight is 321 g/mol. The maximum absolute atomic E-state index is 12.1. The summed E-state index contributed by atoms with van der Waals surface area (Å²) in [7, 11) is 0. The van der Waals surface area contributed by atoms with Crippen LogP contribution in [0.1, 0.15) is 6.92 Å². The zero-order valence-electron chi connectivity index (χ0n) is 10.6. The molecule has 0 aromatic rings. The van der Waals surface area contributed by atoms with Crippen LogP contribution in [-0.2, 0) is 4.79 Å². The molecule has 0 N–H and O–H groups in total. The molecule has 0 radical (unpaired) electrons. The van der Waals surface area contributed by atoms with E-state index in [1.807, 2.05) is 41.7 Å². The van der Waals surface area contributed by atoms with Gasteiger partial charge in [0.25, 0.3) is 5.91 Å². The standard InChI is InChI=1S/C13H11N3OS3/c1-2-15-11(17)10(20-13(15)18)4-3-9-5-6-14-12-16(9)7-8-19-12/h3-8H,2H2,1H3/b9-3-,10-4?. The minimum Gasteiger partial charge on any atom is -0.296 e. The summed E-state index contributed by atoms with van der Waals surface area (Å²) in [6.07, 6.45) is 9.39. The van der Waals surface area contributed by atoms with E-state index in [0.717, 1.165) is 10.9 Å². The topological polar surface area (TPSA) is 35.9 Å². The van der Waals surface area contributed by atoms with Crippen LogP contribution in [0, 0.1) is 0 Å². The number of carbonyl (C=O) groups is 1. The molecule has 0 bridgehead atoms. The van der Waals surface area contributed by atoms with Gasteiger partial charge in [0.1, 0.15) is 4.32 Å². The highest BCUT2D eigenvalue weighted by Gasteiger charge is 2.30. The van der Waals surface area contributed by atoms with Crippen LogP contribution in [0.4, 0.5) is 0 Å². The Morgan fingerprint density at radius 3 is 3.05 bits per heavy atom. The number of hydrogen-bond acceptors (Lipinski definition) is 6. The van der Waals surface area contributed by atoms with Crippen LogP contribution in [0.5, 0.6) is 0 Å². The second-order valence-electron chi connectivity index (χ2n) is 4.04. The summed E-state index contributed by atoms with van der Waals surface area (Å²) in [6, 6.07) is 0. The molecule has 0 saturated carbocycles. The Balaban J connectivity index is 1.84. The van der Waals surface area contributed by atoms with E-state index in [0.29, 0.717) is 15.8 Å². The van der Waals surface area contributed by atoms with Gasteiger partial charge in [-0.15, -0.1) is 0 Å². The third-order valence-corrected chi connectivity index (χ3v) is 5.06. The molecule has 3 heterocycles. The van der Waals surface area contributed by atoms with E-state index < -0.39 is 0 Å². The smallest absolute Gasteiger partial charge is 0.266 e. The number of likely N-dealkylation sites (N-methyl/N-ethyl adjacent to an activating group) is 1. The molecule has 0 aromatic carbocycles. The molecule has 102 valence electrons. The Hall–Kier alpha value is -1.31. The normalized spacial score (nSPS) is 25.1. The Kier molecular flexibility index (Phi) is 3.82. The maximum Gasteiger partial charge on any atom is 0.266 e. The number of amides is 1. The van der Waals surface area contributed by atoms with Crippen LogP contribution in [0.3, 0.4) is 0 Å². The third-order valence-electron chi connectivity index (χ3n) is 2.89. The van der Waals surface area contributed by atoms with Crippen molar-refractivity contribution in [2.24, 2.45) is 4.99 Å². The van der Waals surface area contributed by atoms with Gasteiger partial charge >= 0.3 is 0 Å². The van der Waals surface area contributed by atoms with E-state index >= 15 is 0 Å². The molecule has 3 rings (SSSR count). The lowest BCUT2D eigenvalue weighted by Gasteiger charge is -2.19. The van der Waals surface area contributed by atoms with Gasteiger partial charge in [0.2, 0.25) is 0 Å². The van der Waals surface area contributed by atoms with E-state index in [9.17, 15) is 4.79 Å². The largest absolute Gasteiger partial charge is 0.296 e. The second-order valence-corrected chi connectivity index (χ2v) is 6.59. The molecule has 0 aliphatic carbocycles. The molecule has 1 amide bonds. The number of nitrogens with zero attached hydrogens (tertiary/aromatic N) is 3. The van der Waals surface area contributed by atoms with Crippen molar-refractivity contribution < 1.29 is 4.79 Å². The first kappa shape index (κ1) is 13.7. The van der Waals surface area contributed by atoms with Crippen LogP contribution in [0.15, 0.2) is 51.6 Å². The first-order valence-corrected chi connectivity index (χ1v) is 8.13. The van der Waals surface area contributed by atoms with Gasteiger partial charge in [-0.25, -0.2) is 4.99 Å². The Morgan fingerprint density at radius 1 is 1.45 bits per heavy atom. The van der Waals surface area contributed by atoms with Gasteiger partial charge in [0.15, 0.2) is 5.17 Å². The number of rotatable bonds is 2. The highest BCUT2D eigenvalue weighted by molar-refractivity contribution is 8.26. The molecule has 3 aliphatic heterocycles. The summed E-state index contributed by atoms with van der Waals surface area (Å²) in [5, 5.41) is 2.91. The third kappa shape index (κ3) is 2.36. The Labute approximate surface area is 131 Å². The number of fused-ring (bicyclic) bond motifs is 1. The molecule has 0 atom stereocenters. The zero-order valence-corrected chi connectivity index (χ0v) is 13.1. The molecule has 0 unspecified atom stereocenters. The van der Waals surface area contributed by atoms with Crippen molar-refractivity contribution in [2.75, 3.05) is 6.54 Å². The fraction of sp³-hybridized carbons (Fsp3) is 0.154. The lowest BCUT2D eigenvalue weighted by atomic mass is 10.3. The number of carbonyl (C=O) groups excluding carboxylic acids is 1. The van der Waals surface area contributed by atoms with E-state index in [4.69, 9.17) is 12.2 Å². The first-order valence-electron chi connectivity index (χ1n) is 6.03. The van der Waals surface area contributed by atoms with Crippen LogP contribution in [0.2, 0.25) is 0 Å².